The lowest BCUT2D eigenvalue weighted by Crippen LogP contribution is -1.91. The maximum Gasteiger partial charge on any atom is 0.151 e. The van der Waals surface area contributed by atoms with E-state index in [1.54, 1.807) is 18.3 Å². The fourth-order valence-corrected chi connectivity index (χ4v) is 2.29. The lowest BCUT2D eigenvalue weighted by atomic mass is 10.2. The fraction of sp³-hybridized carbons (Fsp3) is 0.312. The second-order valence-corrected chi connectivity index (χ2v) is 5.27. The van der Waals surface area contributed by atoms with E-state index in [1.807, 2.05) is 13.8 Å². The van der Waals surface area contributed by atoms with E-state index in [-0.39, 0.29) is 6.61 Å². The second kappa shape index (κ2) is 9.51. The zero-order valence-electron chi connectivity index (χ0n) is 12.5. The van der Waals surface area contributed by atoms with Gasteiger partial charge in [0.15, 0.2) is 6.29 Å². The van der Waals surface area contributed by atoms with Crippen molar-refractivity contribution in [1.29, 1.82) is 0 Å². The Labute approximate surface area is 140 Å². The summed E-state index contributed by atoms with van der Waals surface area (Å²) in [5.41, 5.74) is 2.99. The zero-order chi connectivity index (χ0) is 16.5. The summed E-state index contributed by atoms with van der Waals surface area (Å²) < 4.78 is 0. The summed E-state index contributed by atoms with van der Waals surface area (Å²) in [7, 11) is 0. The summed E-state index contributed by atoms with van der Waals surface area (Å²) in [4.78, 5) is 18.3. The molecular weight excluding hydrogens is 323 g/mol. The molecule has 0 fully saturated rings. The van der Waals surface area contributed by atoms with Crippen LogP contribution in [0.2, 0.25) is 10.0 Å². The Morgan fingerprint density at radius 1 is 1.05 bits per heavy atom. The molecule has 22 heavy (non-hydrogen) atoms. The Hall–Kier alpha value is -1.49. The van der Waals surface area contributed by atoms with Gasteiger partial charge in [-0.3, -0.25) is 14.8 Å². The average Bonchev–Trinajstić information content (AvgIpc) is 2.55. The van der Waals surface area contributed by atoms with Crippen molar-refractivity contribution in [1.82, 2.24) is 9.97 Å². The van der Waals surface area contributed by atoms with E-state index in [4.69, 9.17) is 28.3 Å². The van der Waals surface area contributed by atoms with E-state index in [9.17, 15) is 4.79 Å². The van der Waals surface area contributed by atoms with E-state index < -0.39 is 0 Å². The Kier molecular flexibility index (Phi) is 8.02. The minimum absolute atomic E-state index is 0.00326. The van der Waals surface area contributed by atoms with Gasteiger partial charge in [0.2, 0.25) is 0 Å². The van der Waals surface area contributed by atoms with Crippen LogP contribution in [0.5, 0.6) is 0 Å². The number of nitrogens with zero attached hydrogens (tertiary/aromatic N) is 2. The number of aliphatic hydroxyl groups excluding tert-OH is 1. The third kappa shape index (κ3) is 5.37. The monoisotopic (exact) mass is 340 g/mol. The quantitative estimate of drug-likeness (QED) is 0.857. The van der Waals surface area contributed by atoms with E-state index in [0.29, 0.717) is 15.6 Å². The van der Waals surface area contributed by atoms with E-state index in [0.717, 1.165) is 36.1 Å². The highest BCUT2D eigenvalue weighted by Gasteiger charge is 2.00. The van der Waals surface area contributed by atoms with E-state index in [2.05, 4.69) is 9.97 Å². The lowest BCUT2D eigenvalue weighted by Gasteiger charge is -2.00. The number of aromatic nitrogens is 2. The molecule has 2 heterocycles. The average molecular weight is 341 g/mol. The van der Waals surface area contributed by atoms with Gasteiger partial charge in [0, 0.05) is 18.0 Å². The molecule has 0 aliphatic carbocycles. The molecule has 0 aliphatic heterocycles. The summed E-state index contributed by atoms with van der Waals surface area (Å²) in [6.07, 6.45) is 5.52. The van der Waals surface area contributed by atoms with Crippen molar-refractivity contribution in [3.63, 3.8) is 0 Å². The summed E-state index contributed by atoms with van der Waals surface area (Å²) in [5, 5.41) is 9.93. The van der Waals surface area contributed by atoms with Crippen molar-refractivity contribution in [2.45, 2.75) is 33.3 Å². The first kappa shape index (κ1) is 18.6. The minimum Gasteiger partial charge on any atom is -0.392 e. The first-order valence-corrected chi connectivity index (χ1v) is 7.65. The fourth-order valence-electron chi connectivity index (χ4n) is 1.66. The van der Waals surface area contributed by atoms with Crippen molar-refractivity contribution in [2.24, 2.45) is 0 Å². The second-order valence-electron chi connectivity index (χ2n) is 4.45. The molecule has 4 nitrogen and oxygen atoms in total. The van der Waals surface area contributed by atoms with Gasteiger partial charge < -0.3 is 5.11 Å². The summed E-state index contributed by atoms with van der Waals surface area (Å²) >= 11 is 11.6. The number of pyridine rings is 2. The van der Waals surface area contributed by atoms with Crippen LogP contribution in [0.3, 0.4) is 0 Å². The molecule has 0 aromatic carbocycles. The van der Waals surface area contributed by atoms with Gasteiger partial charge in [-0.05, 0) is 30.5 Å². The van der Waals surface area contributed by atoms with Gasteiger partial charge in [-0.25, -0.2) is 0 Å². The molecule has 0 bridgehead atoms. The molecular formula is C16H18Cl2N2O2. The predicted octanol–water partition coefficient (Wildman–Crippen LogP) is 3.90. The Balaban J connectivity index is 0.000000220. The van der Waals surface area contributed by atoms with Gasteiger partial charge in [0.05, 0.1) is 28.0 Å². The molecule has 2 aromatic rings. The van der Waals surface area contributed by atoms with Gasteiger partial charge in [0.1, 0.15) is 0 Å². The van der Waals surface area contributed by atoms with Crippen LogP contribution < -0.4 is 0 Å². The molecule has 0 unspecified atom stereocenters. The molecule has 2 aromatic heterocycles. The smallest absolute Gasteiger partial charge is 0.151 e. The first-order chi connectivity index (χ1) is 10.5. The summed E-state index contributed by atoms with van der Waals surface area (Å²) in [6, 6.07) is 3.37. The van der Waals surface area contributed by atoms with Crippen LogP contribution in [0.15, 0.2) is 24.5 Å². The largest absolute Gasteiger partial charge is 0.392 e. The maximum atomic E-state index is 10.3. The number of aldehydes is 1. The van der Waals surface area contributed by atoms with Gasteiger partial charge in [-0.1, -0.05) is 37.0 Å². The van der Waals surface area contributed by atoms with Crippen LogP contribution in [-0.2, 0) is 19.4 Å². The first-order valence-electron chi connectivity index (χ1n) is 6.89. The number of hydrogen-bond acceptors (Lipinski definition) is 4. The highest BCUT2D eigenvalue weighted by Crippen LogP contribution is 2.15. The third-order valence-electron chi connectivity index (χ3n) is 2.90. The van der Waals surface area contributed by atoms with Crippen LogP contribution in [0.25, 0.3) is 0 Å². The number of aryl methyl sites for hydroxylation is 2. The lowest BCUT2D eigenvalue weighted by molar-refractivity contribution is 0.112. The van der Waals surface area contributed by atoms with Crippen LogP contribution >= 0.6 is 23.2 Å². The standard InChI is InChI=1S/C8H10ClNO.C8H8ClNO/c2*1-2-8-7(9)3-6(5-11)4-10-8/h3-4,11H,2,5H2,1H3;3-5H,2H2,1H3. The molecule has 0 aliphatic rings. The number of rotatable bonds is 4. The van der Waals surface area contributed by atoms with Crippen molar-refractivity contribution in [2.75, 3.05) is 0 Å². The summed E-state index contributed by atoms with van der Waals surface area (Å²) in [5.74, 6) is 0. The van der Waals surface area contributed by atoms with Gasteiger partial charge in [0.25, 0.3) is 0 Å². The molecule has 0 saturated carbocycles. The Bertz CT molecular complexity index is 634. The maximum absolute atomic E-state index is 10.3. The number of aliphatic hydroxyl groups is 1. The molecule has 6 heteroatoms. The molecule has 0 amide bonds. The molecule has 1 N–H and O–H groups in total. The minimum atomic E-state index is -0.00326. The van der Waals surface area contributed by atoms with Crippen LogP contribution in [0, 0.1) is 0 Å². The Morgan fingerprint density at radius 3 is 2.00 bits per heavy atom. The normalized spacial score (nSPS) is 9.86. The van der Waals surface area contributed by atoms with Crippen molar-refractivity contribution in [3.05, 3.63) is 57.1 Å². The van der Waals surface area contributed by atoms with Crippen LogP contribution in [-0.4, -0.2) is 21.4 Å². The third-order valence-corrected chi connectivity index (χ3v) is 3.56. The van der Waals surface area contributed by atoms with Gasteiger partial charge in [-0.15, -0.1) is 0 Å². The van der Waals surface area contributed by atoms with E-state index >= 15 is 0 Å². The van der Waals surface area contributed by atoms with Crippen molar-refractivity contribution >= 4 is 29.5 Å². The molecule has 0 atom stereocenters. The Morgan fingerprint density at radius 2 is 1.59 bits per heavy atom. The highest BCUT2D eigenvalue weighted by atomic mass is 35.5. The molecule has 0 radical (unpaired) electrons. The molecule has 118 valence electrons. The zero-order valence-corrected chi connectivity index (χ0v) is 14.0. The molecule has 0 spiro atoms. The van der Waals surface area contributed by atoms with Crippen LogP contribution in [0.1, 0.15) is 41.2 Å². The van der Waals surface area contributed by atoms with Gasteiger partial charge >= 0.3 is 0 Å². The predicted molar refractivity (Wildman–Crippen MR) is 88.6 cm³/mol. The summed E-state index contributed by atoms with van der Waals surface area (Å²) in [6.45, 7) is 3.96. The number of carbonyl (C=O) groups excluding carboxylic acids is 1. The van der Waals surface area contributed by atoms with E-state index in [1.165, 1.54) is 6.20 Å². The van der Waals surface area contributed by atoms with Gasteiger partial charge in [-0.2, -0.15) is 0 Å². The number of carbonyl (C=O) groups is 1. The van der Waals surface area contributed by atoms with Crippen molar-refractivity contribution < 1.29 is 9.90 Å². The molecule has 2 rings (SSSR count). The molecule has 0 saturated heterocycles. The SMILES string of the molecule is CCc1ncc(C=O)cc1Cl.CCc1ncc(CO)cc1Cl. The topological polar surface area (TPSA) is 63.1 Å². The number of hydrogen-bond donors (Lipinski definition) is 1. The van der Waals surface area contributed by atoms with Crippen LogP contribution in [0.4, 0.5) is 0 Å². The number of halogens is 2. The highest BCUT2D eigenvalue weighted by molar-refractivity contribution is 6.31. The van der Waals surface area contributed by atoms with Crippen molar-refractivity contribution in [3.8, 4) is 0 Å².